The Morgan fingerprint density at radius 1 is 0.653 bits per heavy atom. The van der Waals surface area contributed by atoms with Crippen LogP contribution in [0.25, 0.3) is 0 Å². The Kier molecular flexibility index (Phi) is 19.1. The van der Waals surface area contributed by atoms with Gasteiger partial charge < -0.3 is 11.1 Å². The third-order valence-electron chi connectivity index (χ3n) is 9.52. The van der Waals surface area contributed by atoms with E-state index in [0.29, 0.717) is 17.7 Å². The second-order valence-corrected chi connectivity index (χ2v) is 19.7. The largest absolute Gasteiger partial charge is 0.416 e. The molecule has 6 rings (SSSR count). The summed E-state index contributed by atoms with van der Waals surface area (Å²) in [7, 11) is -6.30. The zero-order valence-electron chi connectivity index (χ0n) is 37.2. The van der Waals surface area contributed by atoms with Crippen molar-refractivity contribution in [3.8, 4) is 0 Å². The second kappa shape index (κ2) is 23.8. The minimum absolute atomic E-state index is 0.0135. The highest BCUT2D eigenvalue weighted by Crippen LogP contribution is 2.36. The number of nitrogens with one attached hydrogen (secondary N) is 3. The summed E-state index contributed by atoms with van der Waals surface area (Å²) in [5, 5.41) is 2.45. The maximum Gasteiger partial charge on any atom is 0.416 e. The molecule has 0 radical (unpaired) electrons. The SMILES string of the molecule is CN=C=O.CNC(=O)Cc1ccc(Cl)c(C(=O)c2ncc(Cl)cc2NS(=O)(=O)c2ccc(C)c(C(F)(F)F)c2)c1.Cc1ccc(S(=O)(=O)Nc2cc(Cl)cnc2C(=O)c2cc(N)ccc2Cl)cc1C(F)(F)F. The quantitative estimate of drug-likeness (QED) is 0.0296. The van der Waals surface area contributed by atoms with Gasteiger partial charge in [-0.1, -0.05) is 64.6 Å². The lowest BCUT2D eigenvalue weighted by Gasteiger charge is -2.15. The average Bonchev–Trinajstić information content (AvgIpc) is 3.29. The molecule has 0 saturated carbocycles. The minimum atomic E-state index is -4.77. The van der Waals surface area contributed by atoms with Gasteiger partial charge in [0.15, 0.2) is 0 Å². The summed E-state index contributed by atoms with van der Waals surface area (Å²) in [5.74, 6) is -1.88. The lowest BCUT2D eigenvalue weighted by atomic mass is 10.0. The standard InChI is InChI=1S/C23H18Cl2F3N3O4S.C20H14Cl2F3N3O3S.C2H3NO/c1-12-3-5-15(10-17(12)23(26,27)28)36(34,35)31-19-9-14(24)11-30-21(19)22(33)16-7-13(4-6-18(16)25)8-20(32)29-2;1-10-2-4-13(8-15(10)20(23,24)25)32(30,31)28-17-6-11(21)9-27-18(17)19(29)14-7-12(26)3-5-16(14)22;1-3-2-4/h3-7,9-11,31H,8H2,1-2H3,(H,29,32);2-9,28H,26H2,1H3;1H3. The maximum absolute atomic E-state index is 13.3. The van der Waals surface area contributed by atoms with E-state index in [2.05, 4.69) is 29.7 Å². The Morgan fingerprint density at radius 3 is 1.44 bits per heavy atom. The van der Waals surface area contributed by atoms with Crippen LogP contribution >= 0.6 is 46.4 Å². The number of hydrogen-bond donors (Lipinski definition) is 4. The van der Waals surface area contributed by atoms with Crippen LogP contribution in [0, 0.1) is 13.8 Å². The van der Waals surface area contributed by atoms with E-state index < -0.39 is 70.6 Å². The number of carbonyl (C=O) groups is 3. The fraction of sp³-hybridized carbons (Fsp3) is 0.156. The molecule has 0 unspecified atom stereocenters. The molecule has 0 fully saturated rings. The highest BCUT2D eigenvalue weighted by atomic mass is 35.5. The number of benzene rings is 4. The average molecular weight is 1120 g/mol. The fourth-order valence-electron chi connectivity index (χ4n) is 6.05. The number of carbonyl (C=O) groups excluding carboxylic acids is 4. The van der Waals surface area contributed by atoms with Crippen LogP contribution in [-0.2, 0) is 48.4 Å². The number of aryl methyl sites for hydroxylation is 2. The van der Waals surface area contributed by atoms with Crippen LogP contribution in [0.4, 0.5) is 43.4 Å². The van der Waals surface area contributed by atoms with Crippen molar-refractivity contribution in [2.75, 3.05) is 29.3 Å². The number of anilines is 3. The van der Waals surface area contributed by atoms with Gasteiger partial charge in [-0.3, -0.25) is 23.8 Å². The number of nitrogens with zero attached hydrogens (tertiary/aromatic N) is 3. The molecule has 1 amide bonds. The predicted octanol–water partition coefficient (Wildman–Crippen LogP) is 10.3. The van der Waals surface area contributed by atoms with Crippen molar-refractivity contribution in [1.29, 1.82) is 0 Å². The molecule has 27 heteroatoms. The molecule has 72 heavy (non-hydrogen) atoms. The zero-order valence-corrected chi connectivity index (χ0v) is 41.9. The van der Waals surface area contributed by atoms with Gasteiger partial charge in [-0.2, -0.15) is 26.3 Å². The van der Waals surface area contributed by atoms with E-state index in [4.69, 9.17) is 56.9 Å². The number of sulfonamides is 2. The first-order valence-corrected chi connectivity index (χ1v) is 24.2. The number of aromatic nitrogens is 2. The number of likely N-dealkylation sites (N-methyl/N-ethyl adjacent to an activating group) is 1. The molecule has 0 spiro atoms. The van der Waals surface area contributed by atoms with E-state index in [-0.39, 0.29) is 77.4 Å². The number of nitrogen functional groups attached to an aromatic ring is 1. The van der Waals surface area contributed by atoms with Crippen LogP contribution in [0.3, 0.4) is 0 Å². The second-order valence-electron chi connectivity index (χ2n) is 14.6. The molecule has 380 valence electrons. The first-order valence-electron chi connectivity index (χ1n) is 19.8. The lowest BCUT2D eigenvalue weighted by molar-refractivity contribution is -0.139. The summed E-state index contributed by atoms with van der Waals surface area (Å²) < 4.78 is 135. The number of ketones is 2. The number of hydrogen-bond acceptors (Lipinski definition) is 12. The van der Waals surface area contributed by atoms with Crippen molar-refractivity contribution < 1.29 is 62.4 Å². The van der Waals surface area contributed by atoms with Gasteiger partial charge in [-0.15, -0.1) is 0 Å². The van der Waals surface area contributed by atoms with Crippen LogP contribution in [0.1, 0.15) is 59.9 Å². The van der Waals surface area contributed by atoms with E-state index in [1.165, 1.54) is 64.4 Å². The Morgan fingerprint density at radius 2 is 1.06 bits per heavy atom. The van der Waals surface area contributed by atoms with Gasteiger partial charge in [-0.05, 0) is 97.3 Å². The summed E-state index contributed by atoms with van der Waals surface area (Å²) in [6.45, 7) is 2.41. The molecular formula is C45H35Cl4F6N7O8S2. The van der Waals surface area contributed by atoms with Crippen LogP contribution in [0.15, 0.2) is 112 Å². The predicted molar refractivity (Wildman–Crippen MR) is 258 cm³/mol. The molecule has 6 aromatic rings. The van der Waals surface area contributed by atoms with Gasteiger partial charge in [0, 0.05) is 43.3 Å². The lowest BCUT2D eigenvalue weighted by Crippen LogP contribution is -2.20. The van der Waals surface area contributed by atoms with Crippen molar-refractivity contribution in [1.82, 2.24) is 15.3 Å². The van der Waals surface area contributed by atoms with E-state index in [0.717, 1.165) is 48.8 Å². The molecular weight excluding hydrogens is 1090 g/mol. The molecule has 5 N–H and O–H groups in total. The van der Waals surface area contributed by atoms with Crippen LogP contribution < -0.4 is 20.5 Å². The van der Waals surface area contributed by atoms with E-state index >= 15 is 0 Å². The molecule has 0 aliphatic rings. The summed E-state index contributed by atoms with van der Waals surface area (Å²) in [6, 6.07) is 15.7. The Labute approximate surface area is 426 Å². The third kappa shape index (κ3) is 15.0. The molecule has 0 bridgehead atoms. The normalized spacial score (nSPS) is 11.4. The summed E-state index contributed by atoms with van der Waals surface area (Å²) >= 11 is 24.1. The van der Waals surface area contributed by atoms with Crippen molar-refractivity contribution >= 4 is 107 Å². The van der Waals surface area contributed by atoms with Crippen molar-refractivity contribution in [2.45, 2.75) is 42.4 Å². The molecule has 4 aromatic carbocycles. The number of rotatable bonds is 12. The smallest absolute Gasteiger partial charge is 0.399 e. The van der Waals surface area contributed by atoms with Crippen LogP contribution in [-0.4, -0.2) is 64.5 Å². The molecule has 2 aromatic heterocycles. The zero-order chi connectivity index (χ0) is 54.1. The molecule has 2 heterocycles. The first-order chi connectivity index (χ1) is 33.4. The summed E-state index contributed by atoms with van der Waals surface area (Å²) in [5.41, 5.74) is 2.27. The van der Waals surface area contributed by atoms with Crippen LogP contribution in [0.2, 0.25) is 20.1 Å². The van der Waals surface area contributed by atoms with Gasteiger partial charge >= 0.3 is 12.4 Å². The Hall–Kier alpha value is -6.59. The number of alkyl halides is 6. The number of amides is 1. The molecule has 0 aliphatic heterocycles. The number of isocyanates is 1. The summed E-state index contributed by atoms with van der Waals surface area (Å²) in [4.78, 5) is 56.3. The van der Waals surface area contributed by atoms with E-state index in [9.17, 15) is 57.6 Å². The minimum Gasteiger partial charge on any atom is -0.399 e. The molecule has 0 atom stereocenters. The highest BCUT2D eigenvalue weighted by Gasteiger charge is 2.35. The van der Waals surface area contributed by atoms with Gasteiger partial charge in [0.1, 0.15) is 11.4 Å². The van der Waals surface area contributed by atoms with E-state index in [1.807, 2.05) is 0 Å². The number of pyridine rings is 2. The van der Waals surface area contributed by atoms with Gasteiger partial charge in [0.05, 0.1) is 58.8 Å². The highest BCUT2D eigenvalue weighted by molar-refractivity contribution is 7.93. The molecule has 0 aliphatic carbocycles. The molecule has 15 nitrogen and oxygen atoms in total. The van der Waals surface area contributed by atoms with Gasteiger partial charge in [-0.25, -0.2) is 36.6 Å². The number of halogens is 10. The Bertz CT molecular complexity index is 3360. The van der Waals surface area contributed by atoms with Crippen molar-refractivity contribution in [2.24, 2.45) is 4.99 Å². The summed E-state index contributed by atoms with van der Waals surface area (Å²) in [6.07, 6.45) is -6.05. The Balaban J connectivity index is 0.000000292. The number of aliphatic imine (C=N–C) groups is 1. The maximum atomic E-state index is 13.3. The third-order valence-corrected chi connectivity index (χ3v) is 13.3. The topological polar surface area (TPSA) is 237 Å². The molecule has 0 saturated heterocycles. The number of nitrogens with two attached hydrogens (primary N) is 1. The fourth-order valence-corrected chi connectivity index (χ4v) is 8.94. The van der Waals surface area contributed by atoms with Gasteiger partial charge in [0.25, 0.3) is 20.0 Å². The van der Waals surface area contributed by atoms with Crippen molar-refractivity contribution in [3.05, 3.63) is 168 Å². The van der Waals surface area contributed by atoms with Crippen LogP contribution in [0.5, 0.6) is 0 Å². The van der Waals surface area contributed by atoms with Gasteiger partial charge in [0.2, 0.25) is 23.6 Å². The van der Waals surface area contributed by atoms with E-state index in [1.54, 1.807) is 6.07 Å². The van der Waals surface area contributed by atoms with Crippen molar-refractivity contribution in [3.63, 3.8) is 0 Å². The monoisotopic (exact) mass is 1120 g/mol. The first kappa shape index (κ1) is 58.0.